The Bertz CT molecular complexity index is 605. The molecule has 0 spiro atoms. The maximum atomic E-state index is 4.17. The first-order valence-electron chi connectivity index (χ1n) is 5.42. The summed E-state index contributed by atoms with van der Waals surface area (Å²) in [6.07, 6.45) is 5.51. The number of rotatable bonds is 2. The van der Waals surface area contributed by atoms with Crippen molar-refractivity contribution in [2.24, 2.45) is 7.05 Å². The van der Waals surface area contributed by atoms with Crippen LogP contribution in [-0.2, 0) is 7.05 Å². The van der Waals surface area contributed by atoms with E-state index in [1.54, 1.807) is 6.20 Å². The van der Waals surface area contributed by atoms with Crippen molar-refractivity contribution in [3.8, 4) is 22.4 Å². The maximum Gasteiger partial charge on any atom is 0.0678 e. The maximum absolute atomic E-state index is 4.17. The molecule has 0 saturated carbocycles. The van der Waals surface area contributed by atoms with Crippen LogP contribution in [-0.4, -0.2) is 20.0 Å². The Balaban J connectivity index is 1.99. The van der Waals surface area contributed by atoms with Gasteiger partial charge in [-0.2, -0.15) is 10.2 Å². The zero-order valence-electron chi connectivity index (χ0n) is 9.46. The van der Waals surface area contributed by atoms with Gasteiger partial charge in [-0.1, -0.05) is 24.3 Å². The molecule has 0 radical (unpaired) electrons. The average Bonchev–Trinajstić information content (AvgIpc) is 3.00. The molecule has 3 aromatic rings. The van der Waals surface area contributed by atoms with Gasteiger partial charge in [-0.05, 0) is 17.2 Å². The number of hydrogen-bond donors (Lipinski definition) is 1. The Hall–Kier alpha value is -2.36. The van der Waals surface area contributed by atoms with E-state index < -0.39 is 0 Å². The van der Waals surface area contributed by atoms with Crippen LogP contribution in [0.4, 0.5) is 0 Å². The summed E-state index contributed by atoms with van der Waals surface area (Å²) in [5, 5.41) is 10.9. The molecule has 3 rings (SSSR count). The van der Waals surface area contributed by atoms with Crippen molar-refractivity contribution in [1.82, 2.24) is 20.0 Å². The van der Waals surface area contributed by atoms with E-state index in [0.29, 0.717) is 0 Å². The van der Waals surface area contributed by atoms with Crippen molar-refractivity contribution in [3.05, 3.63) is 48.9 Å². The van der Waals surface area contributed by atoms with E-state index in [1.165, 1.54) is 0 Å². The standard InChI is InChI=1S/C13H12N4/c1-17-13(6-7-16-17)11-4-2-10(3-5-11)12-8-14-15-9-12/h2-9H,1H3,(H,14,15). The highest BCUT2D eigenvalue weighted by atomic mass is 15.2. The first-order valence-corrected chi connectivity index (χ1v) is 5.42. The second-order valence-electron chi connectivity index (χ2n) is 3.90. The zero-order valence-corrected chi connectivity index (χ0v) is 9.46. The van der Waals surface area contributed by atoms with Crippen LogP contribution in [0.25, 0.3) is 22.4 Å². The molecule has 4 nitrogen and oxygen atoms in total. The number of H-pyrrole nitrogens is 1. The number of aryl methyl sites for hydroxylation is 1. The van der Waals surface area contributed by atoms with Gasteiger partial charge in [-0.15, -0.1) is 0 Å². The highest BCUT2D eigenvalue weighted by Gasteiger charge is 2.03. The van der Waals surface area contributed by atoms with Crippen LogP contribution >= 0.6 is 0 Å². The summed E-state index contributed by atoms with van der Waals surface area (Å²) < 4.78 is 1.87. The number of nitrogens with zero attached hydrogens (tertiary/aromatic N) is 3. The average molecular weight is 224 g/mol. The minimum absolute atomic E-state index is 1.10. The number of aromatic nitrogens is 4. The van der Waals surface area contributed by atoms with Gasteiger partial charge < -0.3 is 0 Å². The molecule has 0 aliphatic rings. The molecule has 2 aromatic heterocycles. The van der Waals surface area contributed by atoms with E-state index in [0.717, 1.165) is 22.4 Å². The Kier molecular flexibility index (Phi) is 2.26. The molecule has 0 unspecified atom stereocenters. The van der Waals surface area contributed by atoms with Crippen LogP contribution < -0.4 is 0 Å². The molecule has 0 saturated heterocycles. The Morgan fingerprint density at radius 3 is 2.35 bits per heavy atom. The lowest BCUT2D eigenvalue weighted by atomic mass is 10.1. The third kappa shape index (κ3) is 1.73. The van der Waals surface area contributed by atoms with Gasteiger partial charge in [0.05, 0.1) is 11.9 Å². The van der Waals surface area contributed by atoms with Crippen molar-refractivity contribution in [1.29, 1.82) is 0 Å². The summed E-state index contributed by atoms with van der Waals surface area (Å²) >= 11 is 0. The minimum Gasteiger partial charge on any atom is -0.285 e. The zero-order chi connectivity index (χ0) is 11.7. The lowest BCUT2D eigenvalue weighted by Crippen LogP contribution is -1.92. The second kappa shape index (κ2) is 3.90. The fraction of sp³-hybridized carbons (Fsp3) is 0.0769. The molecule has 0 aliphatic carbocycles. The topological polar surface area (TPSA) is 46.5 Å². The van der Waals surface area contributed by atoms with Crippen molar-refractivity contribution in [2.45, 2.75) is 0 Å². The van der Waals surface area contributed by atoms with Crippen LogP contribution in [0.5, 0.6) is 0 Å². The number of aromatic amines is 1. The van der Waals surface area contributed by atoms with Crippen molar-refractivity contribution in [2.75, 3.05) is 0 Å². The van der Waals surface area contributed by atoms with E-state index in [4.69, 9.17) is 0 Å². The van der Waals surface area contributed by atoms with E-state index >= 15 is 0 Å². The van der Waals surface area contributed by atoms with Gasteiger partial charge in [0.25, 0.3) is 0 Å². The van der Waals surface area contributed by atoms with Gasteiger partial charge >= 0.3 is 0 Å². The molecular formula is C13H12N4. The summed E-state index contributed by atoms with van der Waals surface area (Å²) in [5.74, 6) is 0. The summed E-state index contributed by atoms with van der Waals surface area (Å²) in [7, 11) is 1.94. The molecule has 1 aromatic carbocycles. The lowest BCUT2D eigenvalue weighted by Gasteiger charge is -2.03. The second-order valence-corrected chi connectivity index (χ2v) is 3.90. The predicted molar refractivity (Wildman–Crippen MR) is 66.2 cm³/mol. The van der Waals surface area contributed by atoms with Crippen molar-refractivity contribution < 1.29 is 0 Å². The largest absolute Gasteiger partial charge is 0.285 e. The molecule has 0 aliphatic heterocycles. The van der Waals surface area contributed by atoms with Crippen LogP contribution in [0.1, 0.15) is 0 Å². The van der Waals surface area contributed by atoms with Gasteiger partial charge in [0.15, 0.2) is 0 Å². The quantitative estimate of drug-likeness (QED) is 0.726. The minimum atomic E-state index is 1.10. The van der Waals surface area contributed by atoms with E-state index in [-0.39, 0.29) is 0 Å². The number of hydrogen-bond acceptors (Lipinski definition) is 2. The summed E-state index contributed by atoms with van der Waals surface area (Å²) in [5.41, 5.74) is 4.53. The SMILES string of the molecule is Cn1nccc1-c1ccc(-c2cn[nH]c2)cc1. The summed E-state index contributed by atoms with van der Waals surface area (Å²) in [6, 6.07) is 10.4. The monoisotopic (exact) mass is 224 g/mol. The molecule has 4 heteroatoms. The molecule has 84 valence electrons. The van der Waals surface area contributed by atoms with Gasteiger partial charge in [-0.25, -0.2) is 0 Å². The molecule has 17 heavy (non-hydrogen) atoms. The molecular weight excluding hydrogens is 212 g/mol. The van der Waals surface area contributed by atoms with E-state index in [1.807, 2.05) is 30.2 Å². The lowest BCUT2D eigenvalue weighted by molar-refractivity contribution is 0.776. The summed E-state index contributed by atoms with van der Waals surface area (Å²) in [4.78, 5) is 0. The Morgan fingerprint density at radius 2 is 1.76 bits per heavy atom. The van der Waals surface area contributed by atoms with Crippen molar-refractivity contribution >= 4 is 0 Å². The predicted octanol–water partition coefficient (Wildman–Crippen LogP) is 2.48. The highest BCUT2D eigenvalue weighted by molar-refractivity contribution is 5.67. The first-order chi connectivity index (χ1) is 8.34. The third-order valence-corrected chi connectivity index (χ3v) is 2.83. The molecule has 0 fully saturated rings. The first kappa shape index (κ1) is 9.84. The van der Waals surface area contributed by atoms with Crippen LogP contribution in [0.3, 0.4) is 0 Å². The van der Waals surface area contributed by atoms with Crippen LogP contribution in [0.2, 0.25) is 0 Å². The van der Waals surface area contributed by atoms with Crippen LogP contribution in [0.15, 0.2) is 48.9 Å². The van der Waals surface area contributed by atoms with Gasteiger partial charge in [0.1, 0.15) is 0 Å². The van der Waals surface area contributed by atoms with Gasteiger partial charge in [0.2, 0.25) is 0 Å². The molecule has 0 atom stereocenters. The molecule has 2 heterocycles. The van der Waals surface area contributed by atoms with Gasteiger partial charge in [-0.3, -0.25) is 9.78 Å². The smallest absolute Gasteiger partial charge is 0.0678 e. The Labute approximate surface area is 98.9 Å². The van der Waals surface area contributed by atoms with E-state index in [9.17, 15) is 0 Å². The number of nitrogens with one attached hydrogen (secondary N) is 1. The molecule has 1 N–H and O–H groups in total. The van der Waals surface area contributed by atoms with Gasteiger partial charge in [0, 0.05) is 25.0 Å². The molecule has 0 bridgehead atoms. The third-order valence-electron chi connectivity index (χ3n) is 2.83. The van der Waals surface area contributed by atoms with E-state index in [2.05, 4.69) is 39.6 Å². The fourth-order valence-electron chi connectivity index (χ4n) is 1.90. The van der Waals surface area contributed by atoms with Crippen LogP contribution in [0, 0.1) is 0 Å². The normalized spacial score (nSPS) is 10.6. The highest BCUT2D eigenvalue weighted by Crippen LogP contribution is 2.23. The molecule has 0 amide bonds. The van der Waals surface area contributed by atoms with Crippen molar-refractivity contribution in [3.63, 3.8) is 0 Å². The number of benzene rings is 1. The Morgan fingerprint density at radius 1 is 1.00 bits per heavy atom. The summed E-state index contributed by atoms with van der Waals surface area (Å²) in [6.45, 7) is 0. The fourth-order valence-corrected chi connectivity index (χ4v) is 1.90.